The minimum Gasteiger partial charge on any atom is -0.445 e. The fourth-order valence-electron chi connectivity index (χ4n) is 4.86. The van der Waals surface area contributed by atoms with E-state index in [9.17, 15) is 9.90 Å². The number of hydrogen-bond acceptors (Lipinski definition) is 8. The molecule has 0 spiro atoms. The molecule has 0 bridgehead atoms. The largest absolute Gasteiger partial charge is 0.445 e. The predicted octanol–water partition coefficient (Wildman–Crippen LogP) is 5.96. The van der Waals surface area contributed by atoms with Gasteiger partial charge in [-0.05, 0) is 27.8 Å². The maximum atomic E-state index is 11.9. The van der Waals surface area contributed by atoms with Gasteiger partial charge in [0.15, 0.2) is 11.4 Å². The van der Waals surface area contributed by atoms with Gasteiger partial charge >= 0.3 is 6.09 Å². The van der Waals surface area contributed by atoms with Crippen molar-refractivity contribution in [3.8, 4) is 11.1 Å². The second-order valence-electron chi connectivity index (χ2n) is 9.94. The molecule has 9 nitrogen and oxygen atoms in total. The Morgan fingerprint density at radius 1 is 1.10 bits per heavy atom. The number of aliphatic hydroxyl groups is 1. The first-order chi connectivity index (χ1) is 20.6. The Bertz CT molecular complexity index is 1450. The molecule has 1 aliphatic rings. The highest BCUT2D eigenvalue weighted by molar-refractivity contribution is 7.99. The normalized spacial score (nSPS) is 20.1. The zero-order valence-electron chi connectivity index (χ0n) is 23.3. The molecule has 3 aromatic carbocycles. The van der Waals surface area contributed by atoms with Crippen molar-refractivity contribution in [2.24, 2.45) is 5.92 Å². The zero-order valence-corrected chi connectivity index (χ0v) is 24.1. The minimum atomic E-state index is -0.574. The summed E-state index contributed by atoms with van der Waals surface area (Å²) in [5, 5.41) is 19.9. The van der Waals surface area contributed by atoms with Gasteiger partial charge in [0.1, 0.15) is 12.9 Å². The van der Waals surface area contributed by atoms with Gasteiger partial charge in [-0.2, -0.15) is 5.10 Å². The van der Waals surface area contributed by atoms with Crippen LogP contribution in [0.4, 0.5) is 4.79 Å². The smallest absolute Gasteiger partial charge is 0.407 e. The summed E-state index contributed by atoms with van der Waals surface area (Å²) in [6.07, 6.45) is 1.64. The molecule has 4 unspecified atom stereocenters. The summed E-state index contributed by atoms with van der Waals surface area (Å²) in [6, 6.07) is 23.9. The summed E-state index contributed by atoms with van der Waals surface area (Å²) in [5.74, 6) is 0.739. The Morgan fingerprint density at radius 3 is 2.57 bits per heavy atom. The Balaban J connectivity index is 1.35. The Hall–Kier alpha value is -3.96. The molecular weight excluding hydrogens is 552 g/mol. The molecule has 1 fully saturated rings. The number of ether oxygens (including phenoxy) is 3. The third-order valence-corrected chi connectivity index (χ3v) is 8.13. The van der Waals surface area contributed by atoms with Gasteiger partial charge in [-0.3, -0.25) is 5.10 Å². The number of aromatic nitrogens is 3. The molecule has 4 aromatic rings. The first kappa shape index (κ1) is 29.5. The van der Waals surface area contributed by atoms with E-state index in [1.54, 1.807) is 11.8 Å². The van der Waals surface area contributed by atoms with Crippen molar-refractivity contribution in [2.45, 2.75) is 43.7 Å². The Kier molecular flexibility index (Phi) is 10.0. The van der Waals surface area contributed by atoms with Crippen LogP contribution in [-0.4, -0.2) is 44.8 Å². The molecule has 218 valence electrons. The highest BCUT2D eigenvalue weighted by atomic mass is 32.2. The van der Waals surface area contributed by atoms with Crippen molar-refractivity contribution in [1.29, 1.82) is 0 Å². The van der Waals surface area contributed by atoms with Gasteiger partial charge in [0.05, 0.1) is 18.8 Å². The summed E-state index contributed by atoms with van der Waals surface area (Å²) in [6.45, 7) is 6.18. The molecule has 1 aromatic heterocycles. The van der Waals surface area contributed by atoms with Crippen LogP contribution in [0.15, 0.2) is 96.9 Å². The van der Waals surface area contributed by atoms with Crippen molar-refractivity contribution < 1.29 is 24.1 Å². The number of thioether (sulfide) groups is 1. The highest BCUT2D eigenvalue weighted by Gasteiger charge is 2.38. The van der Waals surface area contributed by atoms with Crippen molar-refractivity contribution >= 4 is 17.9 Å². The monoisotopic (exact) mass is 586 g/mol. The number of benzene rings is 3. The molecule has 4 atom stereocenters. The fourth-order valence-corrected chi connectivity index (χ4v) is 5.81. The van der Waals surface area contributed by atoms with Gasteiger partial charge in [-0.1, -0.05) is 104 Å². The van der Waals surface area contributed by atoms with E-state index >= 15 is 0 Å². The molecule has 1 aliphatic heterocycles. The van der Waals surface area contributed by atoms with Crippen LogP contribution >= 0.6 is 11.8 Å². The summed E-state index contributed by atoms with van der Waals surface area (Å²) < 4.78 is 18.1. The number of aliphatic hydroxyl groups excluding tert-OH is 1. The number of alkyl carbamates (subject to hydrolysis) is 1. The van der Waals surface area contributed by atoms with Crippen molar-refractivity contribution in [2.75, 3.05) is 12.4 Å². The molecule has 0 radical (unpaired) electrons. The third-order valence-electron chi connectivity index (χ3n) is 7.17. The molecule has 0 aliphatic carbocycles. The van der Waals surface area contributed by atoms with Gasteiger partial charge in [-0.25, -0.2) is 9.78 Å². The SMILES string of the molecule is C=CCOC(=O)NCc1ccccc1-c1ccc(C2OC(CSc3ncn[nH]3)C(C)C(c3ccc(CO)cc3)O2)cc1. The second-order valence-corrected chi connectivity index (χ2v) is 11.0. The first-order valence-electron chi connectivity index (χ1n) is 13.7. The highest BCUT2D eigenvalue weighted by Crippen LogP contribution is 2.43. The van der Waals surface area contributed by atoms with Crippen molar-refractivity contribution in [1.82, 2.24) is 20.5 Å². The average molecular weight is 587 g/mol. The Morgan fingerprint density at radius 2 is 1.86 bits per heavy atom. The number of nitrogens with zero attached hydrogens (tertiary/aromatic N) is 2. The van der Waals surface area contributed by atoms with Crippen LogP contribution in [0, 0.1) is 5.92 Å². The van der Waals surface area contributed by atoms with E-state index in [0.717, 1.165) is 38.5 Å². The Labute approximate surface area is 249 Å². The maximum Gasteiger partial charge on any atom is 0.407 e. The summed E-state index contributed by atoms with van der Waals surface area (Å²) in [5.41, 5.74) is 5.78. The van der Waals surface area contributed by atoms with Gasteiger partial charge in [0, 0.05) is 23.8 Å². The van der Waals surface area contributed by atoms with Crippen molar-refractivity contribution in [3.05, 3.63) is 114 Å². The van der Waals surface area contributed by atoms with Crippen LogP contribution in [0.2, 0.25) is 0 Å². The van der Waals surface area contributed by atoms with E-state index in [4.69, 9.17) is 14.2 Å². The molecule has 0 saturated carbocycles. The summed E-state index contributed by atoms with van der Waals surface area (Å²) >= 11 is 1.56. The number of H-pyrrole nitrogens is 1. The summed E-state index contributed by atoms with van der Waals surface area (Å²) in [7, 11) is 0. The predicted molar refractivity (Wildman–Crippen MR) is 160 cm³/mol. The molecule has 1 amide bonds. The maximum absolute atomic E-state index is 11.9. The number of amides is 1. The third kappa shape index (κ3) is 7.27. The number of carbonyl (C=O) groups excluding carboxylic acids is 1. The number of nitrogens with one attached hydrogen (secondary N) is 2. The van der Waals surface area contributed by atoms with Crippen LogP contribution in [0.1, 0.15) is 41.6 Å². The number of hydrogen-bond donors (Lipinski definition) is 3. The lowest BCUT2D eigenvalue weighted by Crippen LogP contribution is -2.38. The summed E-state index contributed by atoms with van der Waals surface area (Å²) in [4.78, 5) is 16.2. The molecule has 10 heteroatoms. The van der Waals surface area contributed by atoms with Crippen LogP contribution in [0.3, 0.4) is 0 Å². The minimum absolute atomic E-state index is 0.00548. The lowest BCUT2D eigenvalue weighted by atomic mass is 9.91. The topological polar surface area (TPSA) is 119 Å². The van der Waals surface area contributed by atoms with E-state index < -0.39 is 12.4 Å². The second kappa shape index (κ2) is 14.3. The van der Waals surface area contributed by atoms with E-state index in [0.29, 0.717) is 12.3 Å². The van der Waals surface area contributed by atoms with E-state index in [1.165, 1.54) is 12.4 Å². The molecule has 42 heavy (non-hydrogen) atoms. The molecule has 1 saturated heterocycles. The first-order valence-corrected chi connectivity index (χ1v) is 14.7. The average Bonchev–Trinajstić information content (AvgIpc) is 3.56. The lowest BCUT2D eigenvalue weighted by molar-refractivity contribution is -0.268. The molecule has 3 N–H and O–H groups in total. The van der Waals surface area contributed by atoms with Gasteiger partial charge in [-0.15, -0.1) is 0 Å². The lowest BCUT2D eigenvalue weighted by Gasteiger charge is -2.41. The standard InChI is InChI=1S/C32H34N4O5S/c1-3-16-39-32(38)33-17-26-6-4-5-7-27(26)23-12-14-25(15-13-23)30-40-28(19-42-31-34-20-35-36-31)21(2)29(41-30)24-10-8-22(18-37)9-11-24/h3-15,20-21,28-30,37H,1,16-19H2,2H3,(H,33,38)(H,34,35,36). The van der Waals surface area contributed by atoms with Crippen LogP contribution in [0.25, 0.3) is 11.1 Å². The van der Waals surface area contributed by atoms with Crippen molar-refractivity contribution in [3.63, 3.8) is 0 Å². The quantitative estimate of drug-likeness (QED) is 0.146. The number of aromatic amines is 1. The van der Waals surface area contributed by atoms with E-state index in [-0.39, 0.29) is 31.3 Å². The van der Waals surface area contributed by atoms with Crippen LogP contribution in [0.5, 0.6) is 0 Å². The van der Waals surface area contributed by atoms with Gasteiger partial charge in [0.25, 0.3) is 0 Å². The number of carbonyl (C=O) groups is 1. The van der Waals surface area contributed by atoms with E-state index in [1.807, 2.05) is 72.8 Å². The van der Waals surface area contributed by atoms with Gasteiger partial charge in [0.2, 0.25) is 0 Å². The number of rotatable bonds is 11. The zero-order chi connectivity index (χ0) is 29.3. The fraction of sp³-hybridized carbons (Fsp3) is 0.281. The van der Waals surface area contributed by atoms with Crippen LogP contribution < -0.4 is 5.32 Å². The molecular formula is C32H34N4O5S. The van der Waals surface area contributed by atoms with Crippen LogP contribution in [-0.2, 0) is 27.4 Å². The molecule has 2 heterocycles. The van der Waals surface area contributed by atoms with E-state index in [2.05, 4.69) is 34.0 Å². The molecule has 5 rings (SSSR count). The van der Waals surface area contributed by atoms with Gasteiger partial charge < -0.3 is 24.6 Å².